The van der Waals surface area contributed by atoms with Gasteiger partial charge in [-0.1, -0.05) is 0 Å². The Morgan fingerprint density at radius 3 is 3.07 bits per heavy atom. The van der Waals surface area contributed by atoms with Gasteiger partial charge in [0.15, 0.2) is 6.61 Å². The van der Waals surface area contributed by atoms with Crippen molar-refractivity contribution in [2.75, 3.05) is 6.61 Å². The van der Waals surface area contributed by atoms with E-state index in [1.54, 1.807) is 18.2 Å². The van der Waals surface area contributed by atoms with Gasteiger partial charge in [-0.05, 0) is 18.2 Å². The Labute approximate surface area is 85.2 Å². The summed E-state index contributed by atoms with van der Waals surface area (Å²) in [5.41, 5.74) is 1.24. The molecule has 1 heterocycles. The van der Waals surface area contributed by atoms with E-state index in [1.165, 1.54) is 0 Å². The van der Waals surface area contributed by atoms with Gasteiger partial charge in [-0.3, -0.25) is 0 Å². The summed E-state index contributed by atoms with van der Waals surface area (Å²) in [5.74, 6) is -0.966. The molecule has 0 unspecified atom stereocenters. The largest absolute Gasteiger partial charge is 0.482 e. The van der Waals surface area contributed by atoms with Crippen LogP contribution < -0.4 is 4.74 Å². The maximum absolute atomic E-state index is 11.1. The first-order chi connectivity index (χ1) is 7.16. The summed E-state index contributed by atoms with van der Waals surface area (Å²) < 4.78 is 9.75. The summed E-state index contributed by atoms with van der Waals surface area (Å²) >= 11 is 0. The van der Waals surface area contributed by atoms with Crippen molar-refractivity contribution in [3.05, 3.63) is 29.3 Å². The number of esters is 1. The van der Waals surface area contributed by atoms with Crippen molar-refractivity contribution < 1.29 is 24.2 Å². The van der Waals surface area contributed by atoms with Crippen molar-refractivity contribution in [3.8, 4) is 5.75 Å². The van der Waals surface area contributed by atoms with E-state index in [0.717, 1.165) is 5.56 Å². The van der Waals surface area contributed by atoms with Crippen molar-refractivity contribution in [1.29, 1.82) is 0 Å². The molecule has 2 rings (SSSR count). The van der Waals surface area contributed by atoms with Gasteiger partial charge in [0.25, 0.3) is 0 Å². The highest BCUT2D eigenvalue weighted by Crippen LogP contribution is 2.24. The minimum atomic E-state index is -1.04. The first-order valence-corrected chi connectivity index (χ1v) is 4.31. The highest BCUT2D eigenvalue weighted by Gasteiger charge is 2.21. The molecule has 15 heavy (non-hydrogen) atoms. The highest BCUT2D eigenvalue weighted by atomic mass is 16.5. The normalized spacial score (nSPS) is 13.2. The highest BCUT2D eigenvalue weighted by molar-refractivity contribution is 5.93. The SMILES string of the molecule is O=C(O)COc1ccc2c(c1)COC2=O. The van der Waals surface area contributed by atoms with Crippen molar-refractivity contribution in [3.63, 3.8) is 0 Å². The van der Waals surface area contributed by atoms with Crippen molar-refractivity contribution in [2.24, 2.45) is 0 Å². The molecule has 1 aliphatic rings. The molecule has 0 amide bonds. The lowest BCUT2D eigenvalue weighted by atomic mass is 10.1. The second-order valence-corrected chi connectivity index (χ2v) is 3.08. The Kier molecular flexibility index (Phi) is 2.29. The molecule has 5 heteroatoms. The molecule has 0 saturated heterocycles. The Hall–Kier alpha value is -2.04. The topological polar surface area (TPSA) is 72.8 Å². The van der Waals surface area contributed by atoms with E-state index in [-0.39, 0.29) is 12.6 Å². The lowest BCUT2D eigenvalue weighted by molar-refractivity contribution is -0.139. The quantitative estimate of drug-likeness (QED) is 0.744. The number of aliphatic carboxylic acids is 1. The maximum atomic E-state index is 11.1. The molecule has 0 bridgehead atoms. The van der Waals surface area contributed by atoms with E-state index < -0.39 is 12.6 Å². The molecule has 1 N–H and O–H groups in total. The Balaban J connectivity index is 2.16. The molecular formula is C10H8O5. The number of carbonyl (C=O) groups excluding carboxylic acids is 1. The van der Waals surface area contributed by atoms with Gasteiger partial charge >= 0.3 is 11.9 Å². The maximum Gasteiger partial charge on any atom is 0.341 e. The van der Waals surface area contributed by atoms with Gasteiger partial charge < -0.3 is 14.6 Å². The predicted molar refractivity (Wildman–Crippen MR) is 48.7 cm³/mol. The first kappa shape index (κ1) is 9.51. The average molecular weight is 208 g/mol. The minimum Gasteiger partial charge on any atom is -0.482 e. The van der Waals surface area contributed by atoms with Gasteiger partial charge in [0, 0.05) is 5.56 Å². The molecule has 0 fully saturated rings. The zero-order valence-corrected chi connectivity index (χ0v) is 7.73. The lowest BCUT2D eigenvalue weighted by Crippen LogP contribution is -2.09. The molecule has 0 saturated carbocycles. The standard InChI is InChI=1S/C10H8O5/c11-9(12)5-14-7-1-2-8-6(3-7)4-15-10(8)13/h1-3H,4-5H2,(H,11,12). The molecule has 1 aromatic carbocycles. The first-order valence-electron chi connectivity index (χ1n) is 4.31. The third kappa shape index (κ3) is 1.90. The molecular weight excluding hydrogens is 200 g/mol. The van der Waals surface area contributed by atoms with Crippen LogP contribution >= 0.6 is 0 Å². The minimum absolute atomic E-state index is 0.221. The number of benzene rings is 1. The monoisotopic (exact) mass is 208 g/mol. The number of cyclic esters (lactones) is 1. The van der Waals surface area contributed by atoms with Crippen LogP contribution in [0.3, 0.4) is 0 Å². The zero-order valence-electron chi connectivity index (χ0n) is 7.73. The molecule has 78 valence electrons. The van der Waals surface area contributed by atoms with Crippen LogP contribution in [0, 0.1) is 0 Å². The number of carbonyl (C=O) groups is 2. The Morgan fingerprint density at radius 2 is 2.33 bits per heavy atom. The zero-order chi connectivity index (χ0) is 10.8. The van der Waals surface area contributed by atoms with Crippen molar-refractivity contribution in [2.45, 2.75) is 6.61 Å². The number of hydrogen-bond donors (Lipinski definition) is 1. The fourth-order valence-electron chi connectivity index (χ4n) is 1.34. The van der Waals surface area contributed by atoms with E-state index in [2.05, 4.69) is 0 Å². The van der Waals surface area contributed by atoms with Gasteiger partial charge in [-0.25, -0.2) is 9.59 Å². The number of rotatable bonds is 3. The molecule has 0 spiro atoms. The molecule has 1 aliphatic heterocycles. The summed E-state index contributed by atoms with van der Waals surface area (Å²) in [4.78, 5) is 21.3. The molecule has 5 nitrogen and oxygen atoms in total. The number of hydrogen-bond acceptors (Lipinski definition) is 4. The Morgan fingerprint density at radius 1 is 1.53 bits per heavy atom. The molecule has 0 radical (unpaired) electrons. The number of fused-ring (bicyclic) bond motifs is 1. The van der Waals surface area contributed by atoms with Crippen LogP contribution in [0.2, 0.25) is 0 Å². The van der Waals surface area contributed by atoms with Crippen LogP contribution in [-0.4, -0.2) is 23.7 Å². The van der Waals surface area contributed by atoms with Crippen LogP contribution in [0.4, 0.5) is 0 Å². The smallest absolute Gasteiger partial charge is 0.341 e. The molecule has 0 aliphatic carbocycles. The fraction of sp³-hybridized carbons (Fsp3) is 0.200. The lowest BCUT2D eigenvalue weighted by Gasteiger charge is -2.03. The summed E-state index contributed by atoms with van der Waals surface area (Å²) in [7, 11) is 0. The van der Waals surface area contributed by atoms with Gasteiger partial charge in [-0.15, -0.1) is 0 Å². The third-order valence-electron chi connectivity index (χ3n) is 2.02. The van der Waals surface area contributed by atoms with Gasteiger partial charge in [0.1, 0.15) is 12.4 Å². The predicted octanol–water partition coefficient (Wildman–Crippen LogP) is 0.820. The summed E-state index contributed by atoms with van der Waals surface area (Å²) in [6, 6.07) is 4.74. The summed E-state index contributed by atoms with van der Waals surface area (Å²) in [6.07, 6.45) is 0. The van der Waals surface area contributed by atoms with Crippen molar-refractivity contribution >= 4 is 11.9 Å². The van der Waals surface area contributed by atoms with Gasteiger partial charge in [0.2, 0.25) is 0 Å². The summed E-state index contributed by atoms with van der Waals surface area (Å²) in [6.45, 7) is -0.175. The number of carboxylic acids is 1. The molecule has 1 aromatic rings. The Bertz CT molecular complexity index is 424. The number of carboxylic acid groups (broad SMARTS) is 1. The van der Waals surface area contributed by atoms with Gasteiger partial charge in [-0.2, -0.15) is 0 Å². The third-order valence-corrected chi connectivity index (χ3v) is 2.02. The van der Waals surface area contributed by atoms with Crippen LogP contribution in [-0.2, 0) is 16.1 Å². The second kappa shape index (κ2) is 3.61. The van der Waals surface area contributed by atoms with E-state index in [1.807, 2.05) is 0 Å². The number of ether oxygens (including phenoxy) is 2. The molecule has 0 atom stereocenters. The van der Waals surface area contributed by atoms with E-state index in [9.17, 15) is 9.59 Å². The summed E-state index contributed by atoms with van der Waals surface area (Å²) in [5, 5.41) is 8.41. The van der Waals surface area contributed by atoms with Crippen LogP contribution in [0.1, 0.15) is 15.9 Å². The van der Waals surface area contributed by atoms with Crippen LogP contribution in [0.25, 0.3) is 0 Å². The van der Waals surface area contributed by atoms with Gasteiger partial charge in [0.05, 0.1) is 5.56 Å². The van der Waals surface area contributed by atoms with Crippen LogP contribution in [0.5, 0.6) is 5.75 Å². The van der Waals surface area contributed by atoms with E-state index in [0.29, 0.717) is 11.3 Å². The molecule has 0 aromatic heterocycles. The van der Waals surface area contributed by atoms with Crippen LogP contribution in [0.15, 0.2) is 18.2 Å². The van der Waals surface area contributed by atoms with E-state index >= 15 is 0 Å². The van der Waals surface area contributed by atoms with Crippen molar-refractivity contribution in [1.82, 2.24) is 0 Å². The second-order valence-electron chi connectivity index (χ2n) is 3.08. The average Bonchev–Trinajstić information content (AvgIpc) is 2.57. The van der Waals surface area contributed by atoms with E-state index in [4.69, 9.17) is 14.6 Å². The fourth-order valence-corrected chi connectivity index (χ4v) is 1.34.